The number of aromatic nitrogens is 2. The number of hydrogen-bond donors (Lipinski definition) is 2. The van der Waals surface area contributed by atoms with Crippen LogP contribution in [0.2, 0.25) is 0 Å². The van der Waals surface area contributed by atoms with E-state index in [0.717, 1.165) is 19.4 Å². The van der Waals surface area contributed by atoms with Gasteiger partial charge in [-0.15, -0.1) is 0 Å². The number of amides is 1. The molecule has 6 heteroatoms. The van der Waals surface area contributed by atoms with E-state index >= 15 is 0 Å². The van der Waals surface area contributed by atoms with Crippen LogP contribution in [0.15, 0.2) is 4.52 Å². The smallest absolute Gasteiger partial charge is 0.237 e. The maximum absolute atomic E-state index is 11.4. The van der Waals surface area contributed by atoms with E-state index in [4.69, 9.17) is 4.52 Å². The van der Waals surface area contributed by atoms with Gasteiger partial charge in [0.25, 0.3) is 0 Å². The van der Waals surface area contributed by atoms with Crippen molar-refractivity contribution in [1.82, 2.24) is 20.8 Å². The van der Waals surface area contributed by atoms with Crippen molar-refractivity contribution in [2.24, 2.45) is 0 Å². The fraction of sp³-hybridized carbons (Fsp3) is 0.667. The van der Waals surface area contributed by atoms with Crippen molar-refractivity contribution in [3.8, 4) is 0 Å². The van der Waals surface area contributed by atoms with Gasteiger partial charge < -0.3 is 9.84 Å². The van der Waals surface area contributed by atoms with Crippen molar-refractivity contribution < 1.29 is 9.32 Å². The molecule has 1 aromatic heterocycles. The van der Waals surface area contributed by atoms with E-state index in [0.29, 0.717) is 18.3 Å². The quantitative estimate of drug-likeness (QED) is 0.719. The lowest BCUT2D eigenvalue weighted by atomic mass is 10.1. The molecule has 1 saturated heterocycles. The molecule has 0 aliphatic carbocycles. The fourth-order valence-electron chi connectivity index (χ4n) is 1.59. The van der Waals surface area contributed by atoms with Gasteiger partial charge in [0.2, 0.25) is 11.8 Å². The molecule has 0 bridgehead atoms. The first-order valence-corrected chi connectivity index (χ1v) is 5.06. The summed E-state index contributed by atoms with van der Waals surface area (Å²) in [5.41, 5.74) is 0. The number of nitrogens with one attached hydrogen (secondary N) is 2. The molecule has 0 radical (unpaired) electrons. The Balaban J connectivity index is 1.84. The Kier molecular flexibility index (Phi) is 2.96. The Labute approximate surface area is 87.4 Å². The highest BCUT2D eigenvalue weighted by molar-refractivity contribution is 5.82. The zero-order valence-electron chi connectivity index (χ0n) is 8.62. The molecule has 1 aliphatic rings. The molecule has 1 aliphatic heterocycles. The minimum absolute atomic E-state index is 0.0569. The highest BCUT2D eigenvalue weighted by Crippen LogP contribution is 2.04. The first-order chi connectivity index (χ1) is 7.25. The van der Waals surface area contributed by atoms with E-state index in [1.165, 1.54) is 0 Å². The van der Waals surface area contributed by atoms with Crippen LogP contribution in [0, 0.1) is 6.92 Å². The third kappa shape index (κ3) is 2.53. The van der Waals surface area contributed by atoms with Crippen LogP contribution in [0.4, 0.5) is 0 Å². The summed E-state index contributed by atoms with van der Waals surface area (Å²) in [6.45, 7) is 2.98. The van der Waals surface area contributed by atoms with E-state index in [9.17, 15) is 4.79 Å². The van der Waals surface area contributed by atoms with Gasteiger partial charge in [0.15, 0.2) is 5.82 Å². The summed E-state index contributed by atoms with van der Waals surface area (Å²) in [6, 6.07) is -0.127. The highest BCUT2D eigenvalue weighted by Gasteiger charge is 2.21. The summed E-state index contributed by atoms with van der Waals surface area (Å²) in [7, 11) is 0. The second kappa shape index (κ2) is 4.39. The van der Waals surface area contributed by atoms with E-state index in [1.54, 1.807) is 6.92 Å². The SMILES string of the molecule is Cc1nc(CNC2CCCNC2=O)no1. The number of hydrogen-bond acceptors (Lipinski definition) is 5. The number of piperidine rings is 1. The van der Waals surface area contributed by atoms with Gasteiger partial charge in [0, 0.05) is 13.5 Å². The Morgan fingerprint density at radius 1 is 1.67 bits per heavy atom. The molecule has 2 rings (SSSR count). The lowest BCUT2D eigenvalue weighted by Gasteiger charge is -2.22. The van der Waals surface area contributed by atoms with Crippen molar-refractivity contribution in [2.45, 2.75) is 32.4 Å². The second-order valence-electron chi connectivity index (χ2n) is 3.60. The average molecular weight is 210 g/mol. The van der Waals surface area contributed by atoms with Crippen LogP contribution in [0.5, 0.6) is 0 Å². The minimum Gasteiger partial charge on any atom is -0.355 e. The molecular formula is C9H14N4O2. The van der Waals surface area contributed by atoms with Crippen LogP contribution in [0.3, 0.4) is 0 Å². The van der Waals surface area contributed by atoms with Crippen LogP contribution in [-0.4, -0.2) is 28.6 Å². The Bertz CT molecular complexity index is 350. The molecule has 1 amide bonds. The molecule has 15 heavy (non-hydrogen) atoms. The van der Waals surface area contributed by atoms with Gasteiger partial charge in [-0.1, -0.05) is 5.16 Å². The van der Waals surface area contributed by atoms with Crippen molar-refractivity contribution in [2.75, 3.05) is 6.54 Å². The van der Waals surface area contributed by atoms with Gasteiger partial charge in [0.1, 0.15) is 0 Å². The number of nitrogens with zero attached hydrogens (tertiary/aromatic N) is 2. The summed E-state index contributed by atoms with van der Waals surface area (Å²) in [5.74, 6) is 1.19. The van der Waals surface area contributed by atoms with Crippen molar-refractivity contribution in [3.05, 3.63) is 11.7 Å². The Morgan fingerprint density at radius 2 is 2.53 bits per heavy atom. The predicted octanol–water partition coefficient (Wildman–Crippen LogP) is -0.254. The van der Waals surface area contributed by atoms with Crippen LogP contribution >= 0.6 is 0 Å². The van der Waals surface area contributed by atoms with Crippen LogP contribution in [0.1, 0.15) is 24.6 Å². The maximum atomic E-state index is 11.4. The largest absolute Gasteiger partial charge is 0.355 e. The molecule has 1 fully saturated rings. The van der Waals surface area contributed by atoms with Crippen molar-refractivity contribution in [3.63, 3.8) is 0 Å². The third-order valence-corrected chi connectivity index (χ3v) is 2.36. The second-order valence-corrected chi connectivity index (χ2v) is 3.60. The zero-order valence-corrected chi connectivity index (χ0v) is 8.62. The van der Waals surface area contributed by atoms with Crippen LogP contribution in [0.25, 0.3) is 0 Å². The lowest BCUT2D eigenvalue weighted by molar-refractivity contribution is -0.124. The number of rotatable bonds is 3. The van der Waals surface area contributed by atoms with Gasteiger partial charge in [-0.25, -0.2) is 0 Å². The normalized spacial score (nSPS) is 21.4. The lowest BCUT2D eigenvalue weighted by Crippen LogP contribution is -2.48. The summed E-state index contributed by atoms with van der Waals surface area (Å²) < 4.78 is 4.83. The Hall–Kier alpha value is -1.43. The van der Waals surface area contributed by atoms with E-state index in [-0.39, 0.29) is 11.9 Å². The molecule has 0 aromatic carbocycles. The fourth-order valence-corrected chi connectivity index (χ4v) is 1.59. The molecule has 82 valence electrons. The molecule has 1 unspecified atom stereocenters. The Morgan fingerprint density at radius 3 is 3.20 bits per heavy atom. The average Bonchev–Trinajstić information content (AvgIpc) is 2.63. The van der Waals surface area contributed by atoms with Crippen molar-refractivity contribution in [1.29, 1.82) is 0 Å². The molecular weight excluding hydrogens is 196 g/mol. The molecule has 6 nitrogen and oxygen atoms in total. The first-order valence-electron chi connectivity index (χ1n) is 5.06. The number of carbonyl (C=O) groups is 1. The minimum atomic E-state index is -0.127. The van der Waals surface area contributed by atoms with E-state index < -0.39 is 0 Å². The van der Waals surface area contributed by atoms with E-state index in [1.807, 2.05) is 0 Å². The van der Waals surface area contributed by atoms with E-state index in [2.05, 4.69) is 20.8 Å². The molecule has 2 N–H and O–H groups in total. The van der Waals surface area contributed by atoms with Crippen LogP contribution < -0.4 is 10.6 Å². The standard InChI is InChI=1S/C9H14N4O2/c1-6-12-8(13-15-6)5-11-7-3-2-4-10-9(7)14/h7,11H,2-5H2,1H3,(H,10,14). The summed E-state index contributed by atoms with van der Waals surface area (Å²) in [5, 5.41) is 9.66. The number of carbonyl (C=O) groups excluding carboxylic acids is 1. The third-order valence-electron chi connectivity index (χ3n) is 2.36. The van der Waals surface area contributed by atoms with Gasteiger partial charge in [0.05, 0.1) is 12.6 Å². The van der Waals surface area contributed by atoms with Gasteiger partial charge in [-0.05, 0) is 12.8 Å². The molecule has 2 heterocycles. The topological polar surface area (TPSA) is 80.0 Å². The monoisotopic (exact) mass is 210 g/mol. The highest BCUT2D eigenvalue weighted by atomic mass is 16.5. The molecule has 0 saturated carbocycles. The van der Waals surface area contributed by atoms with Gasteiger partial charge >= 0.3 is 0 Å². The summed E-state index contributed by atoms with van der Waals surface area (Å²) in [6.07, 6.45) is 1.87. The zero-order chi connectivity index (χ0) is 10.7. The summed E-state index contributed by atoms with van der Waals surface area (Å²) >= 11 is 0. The predicted molar refractivity (Wildman–Crippen MR) is 51.9 cm³/mol. The maximum Gasteiger partial charge on any atom is 0.237 e. The van der Waals surface area contributed by atoms with Crippen LogP contribution in [-0.2, 0) is 11.3 Å². The molecule has 1 aromatic rings. The summed E-state index contributed by atoms with van der Waals surface area (Å²) in [4.78, 5) is 15.4. The molecule has 0 spiro atoms. The molecule has 1 atom stereocenters. The van der Waals surface area contributed by atoms with Gasteiger partial charge in [-0.3, -0.25) is 10.1 Å². The van der Waals surface area contributed by atoms with Gasteiger partial charge in [-0.2, -0.15) is 4.98 Å². The number of aryl methyl sites for hydroxylation is 1. The first kappa shape index (κ1) is 10.1. The van der Waals surface area contributed by atoms with Crippen molar-refractivity contribution >= 4 is 5.91 Å².